The van der Waals surface area contributed by atoms with Crippen LogP contribution in [0.1, 0.15) is 26.3 Å². The molecule has 0 radical (unpaired) electrons. The van der Waals surface area contributed by atoms with Gasteiger partial charge in [-0.2, -0.15) is 0 Å². The van der Waals surface area contributed by atoms with Crippen molar-refractivity contribution >= 4 is 11.9 Å². The Balaban J connectivity index is 0.000000269. The van der Waals surface area contributed by atoms with E-state index in [1.807, 2.05) is 0 Å². The van der Waals surface area contributed by atoms with Crippen LogP contribution < -0.4 is 0 Å². The lowest BCUT2D eigenvalue weighted by molar-refractivity contribution is 0.0696. The van der Waals surface area contributed by atoms with Gasteiger partial charge in [0.05, 0.1) is 17.5 Å². The van der Waals surface area contributed by atoms with E-state index in [2.05, 4.69) is 9.97 Å². The normalized spacial score (nSPS) is 9.17. The summed E-state index contributed by atoms with van der Waals surface area (Å²) < 4.78 is 0. The van der Waals surface area contributed by atoms with Gasteiger partial charge in [-0.05, 0) is 24.6 Å². The Morgan fingerprint density at radius 3 is 2.00 bits per heavy atom. The van der Waals surface area contributed by atoms with Gasteiger partial charge < -0.3 is 15.2 Å². The first kappa shape index (κ1) is 13.4. The van der Waals surface area contributed by atoms with Gasteiger partial charge in [0.25, 0.3) is 0 Å². The van der Waals surface area contributed by atoms with Crippen LogP contribution in [-0.4, -0.2) is 32.1 Å². The highest BCUT2D eigenvalue weighted by Crippen LogP contribution is 2.13. The van der Waals surface area contributed by atoms with Crippen molar-refractivity contribution in [3.63, 3.8) is 0 Å². The lowest BCUT2D eigenvalue weighted by Gasteiger charge is -2.03. The van der Waals surface area contributed by atoms with Gasteiger partial charge in [0.2, 0.25) is 0 Å². The molecule has 1 heterocycles. The average molecular weight is 248 g/mol. The molecular weight excluding hydrogens is 236 g/mol. The van der Waals surface area contributed by atoms with Crippen LogP contribution >= 0.6 is 0 Å². The summed E-state index contributed by atoms with van der Waals surface area (Å²) in [6, 6.07) is 4.17. The summed E-state index contributed by atoms with van der Waals surface area (Å²) in [5.41, 5.74) is 0.335. The first-order valence-corrected chi connectivity index (χ1v) is 5.03. The fourth-order valence-electron chi connectivity index (χ4n) is 1.31. The van der Waals surface area contributed by atoms with E-state index in [9.17, 15) is 9.59 Å². The van der Waals surface area contributed by atoms with Gasteiger partial charge in [-0.25, -0.2) is 14.6 Å². The Hall–Kier alpha value is -2.63. The first-order valence-electron chi connectivity index (χ1n) is 5.03. The number of aromatic carboxylic acids is 2. The van der Waals surface area contributed by atoms with E-state index >= 15 is 0 Å². The van der Waals surface area contributed by atoms with Crippen LogP contribution in [0.3, 0.4) is 0 Å². The summed E-state index contributed by atoms with van der Waals surface area (Å²) in [7, 11) is 0. The molecule has 2 aromatic rings. The summed E-state index contributed by atoms with van der Waals surface area (Å²) in [5.74, 6) is -2.22. The van der Waals surface area contributed by atoms with Crippen LogP contribution in [0.25, 0.3) is 0 Å². The summed E-state index contributed by atoms with van der Waals surface area (Å²) in [5, 5.41) is 17.4. The molecule has 0 unspecified atom stereocenters. The molecule has 94 valence electrons. The minimum atomic E-state index is -1.11. The Morgan fingerprint density at radius 1 is 1.17 bits per heavy atom. The minimum absolute atomic E-state index is 0.0277. The van der Waals surface area contributed by atoms with Crippen molar-refractivity contribution in [3.05, 3.63) is 53.6 Å². The highest BCUT2D eigenvalue weighted by Gasteiger charge is 2.13. The van der Waals surface area contributed by atoms with Crippen LogP contribution in [0.4, 0.5) is 0 Å². The molecule has 0 bridgehead atoms. The first-order chi connectivity index (χ1) is 8.54. The molecule has 0 atom stereocenters. The number of imidazole rings is 1. The lowest BCUT2D eigenvalue weighted by atomic mass is 10.0. The van der Waals surface area contributed by atoms with Crippen molar-refractivity contribution in [1.82, 2.24) is 9.97 Å². The zero-order chi connectivity index (χ0) is 13.5. The third-order valence-electron chi connectivity index (χ3n) is 2.20. The number of benzene rings is 1. The van der Waals surface area contributed by atoms with Crippen LogP contribution in [0.15, 0.2) is 36.9 Å². The Morgan fingerprint density at radius 2 is 1.72 bits per heavy atom. The minimum Gasteiger partial charge on any atom is -0.478 e. The van der Waals surface area contributed by atoms with Crippen molar-refractivity contribution < 1.29 is 19.8 Å². The molecule has 2 rings (SSSR count). The SMILES string of the molecule is Cc1c(C(=O)O)cccc1C(=O)O.c1c[nH]cn1. The van der Waals surface area contributed by atoms with E-state index in [4.69, 9.17) is 10.2 Å². The number of rotatable bonds is 2. The molecular formula is C12H12N2O4. The monoisotopic (exact) mass is 248 g/mol. The van der Waals surface area contributed by atoms with Gasteiger partial charge >= 0.3 is 11.9 Å². The summed E-state index contributed by atoms with van der Waals surface area (Å²) >= 11 is 0. The maximum atomic E-state index is 10.6. The molecule has 0 aliphatic carbocycles. The molecule has 0 saturated heterocycles. The molecule has 6 nitrogen and oxygen atoms in total. The van der Waals surface area contributed by atoms with Gasteiger partial charge in [-0.15, -0.1) is 0 Å². The van der Waals surface area contributed by atoms with Gasteiger partial charge in [0.1, 0.15) is 0 Å². The maximum absolute atomic E-state index is 10.6. The van der Waals surface area contributed by atoms with Gasteiger partial charge in [0, 0.05) is 12.4 Å². The second-order valence-corrected chi connectivity index (χ2v) is 3.35. The number of nitrogens with one attached hydrogen (secondary N) is 1. The van der Waals surface area contributed by atoms with Crippen LogP contribution in [0.5, 0.6) is 0 Å². The van der Waals surface area contributed by atoms with Gasteiger partial charge in [0.15, 0.2) is 0 Å². The Labute approximate surface area is 103 Å². The average Bonchev–Trinajstić information content (AvgIpc) is 2.87. The molecule has 18 heavy (non-hydrogen) atoms. The van der Waals surface area contributed by atoms with E-state index in [0.717, 1.165) is 0 Å². The smallest absolute Gasteiger partial charge is 0.335 e. The zero-order valence-electron chi connectivity index (χ0n) is 9.62. The van der Waals surface area contributed by atoms with Crippen molar-refractivity contribution in [2.75, 3.05) is 0 Å². The van der Waals surface area contributed by atoms with E-state index in [0.29, 0.717) is 0 Å². The quantitative estimate of drug-likeness (QED) is 0.751. The second-order valence-electron chi connectivity index (χ2n) is 3.35. The molecule has 0 fully saturated rings. The zero-order valence-corrected chi connectivity index (χ0v) is 9.62. The van der Waals surface area contributed by atoms with Crippen LogP contribution in [0, 0.1) is 6.92 Å². The van der Waals surface area contributed by atoms with Crippen molar-refractivity contribution in [1.29, 1.82) is 0 Å². The highest BCUT2D eigenvalue weighted by molar-refractivity contribution is 5.96. The number of H-pyrrole nitrogens is 1. The van der Waals surface area contributed by atoms with Crippen molar-refractivity contribution in [3.8, 4) is 0 Å². The molecule has 0 aliphatic rings. The lowest BCUT2D eigenvalue weighted by Crippen LogP contribution is -2.06. The third kappa shape index (κ3) is 3.44. The fraction of sp³-hybridized carbons (Fsp3) is 0.0833. The molecule has 0 aliphatic heterocycles. The molecule has 1 aromatic carbocycles. The molecule has 6 heteroatoms. The Kier molecular flexibility index (Phi) is 4.62. The van der Waals surface area contributed by atoms with Gasteiger partial charge in [-0.3, -0.25) is 0 Å². The van der Waals surface area contributed by atoms with Crippen LogP contribution in [0.2, 0.25) is 0 Å². The molecule has 0 amide bonds. The number of nitrogens with zero attached hydrogens (tertiary/aromatic N) is 1. The number of carbonyl (C=O) groups is 2. The number of aromatic amines is 1. The van der Waals surface area contributed by atoms with Crippen LogP contribution in [-0.2, 0) is 0 Å². The standard InChI is InChI=1S/C9H8O4.C3H4N2/c1-5-6(8(10)11)3-2-4-7(5)9(12)13;1-2-5-3-4-1/h2-4H,1H3,(H,10,11)(H,12,13);1-3H,(H,4,5). The largest absolute Gasteiger partial charge is 0.478 e. The summed E-state index contributed by atoms with van der Waals surface area (Å²) in [6.07, 6.45) is 5.08. The molecule has 3 N–H and O–H groups in total. The number of hydrogen-bond donors (Lipinski definition) is 3. The topological polar surface area (TPSA) is 103 Å². The summed E-state index contributed by atoms with van der Waals surface area (Å²) in [6.45, 7) is 1.48. The third-order valence-corrected chi connectivity index (χ3v) is 2.20. The fourth-order valence-corrected chi connectivity index (χ4v) is 1.31. The predicted octanol–water partition coefficient (Wildman–Crippen LogP) is 1.80. The number of hydrogen-bond acceptors (Lipinski definition) is 3. The van der Waals surface area contributed by atoms with E-state index < -0.39 is 11.9 Å². The van der Waals surface area contributed by atoms with E-state index in [-0.39, 0.29) is 16.7 Å². The maximum Gasteiger partial charge on any atom is 0.335 e. The van der Waals surface area contributed by atoms with Crippen molar-refractivity contribution in [2.45, 2.75) is 6.92 Å². The van der Waals surface area contributed by atoms with Crippen molar-refractivity contribution in [2.24, 2.45) is 0 Å². The summed E-state index contributed by atoms with van der Waals surface area (Å²) in [4.78, 5) is 27.6. The van der Waals surface area contributed by atoms with Gasteiger partial charge in [-0.1, -0.05) is 6.07 Å². The second kappa shape index (κ2) is 6.19. The molecule has 0 spiro atoms. The van der Waals surface area contributed by atoms with E-state index in [1.54, 1.807) is 18.7 Å². The number of carboxylic acid groups (broad SMARTS) is 2. The van der Waals surface area contributed by atoms with E-state index in [1.165, 1.54) is 25.1 Å². The number of carboxylic acids is 2. The Bertz CT molecular complexity index is 486. The highest BCUT2D eigenvalue weighted by atomic mass is 16.4. The predicted molar refractivity (Wildman–Crippen MR) is 63.7 cm³/mol. The molecule has 0 saturated carbocycles. The number of aromatic nitrogens is 2. The molecule has 1 aromatic heterocycles.